The highest BCUT2D eigenvalue weighted by atomic mass is 127. The normalized spacial score (nSPS) is 17.2. The summed E-state index contributed by atoms with van der Waals surface area (Å²) in [6.07, 6.45) is 1.96. The van der Waals surface area contributed by atoms with Gasteiger partial charge in [0.05, 0.1) is 12.2 Å². The number of hydrogen-bond acceptors (Lipinski definition) is 3. The lowest BCUT2D eigenvalue weighted by Gasteiger charge is -2.29. The molecule has 1 amide bonds. The lowest BCUT2D eigenvalue weighted by atomic mass is 10.1. The predicted octanol–water partition coefficient (Wildman–Crippen LogP) is 2.86. The number of anilines is 1. The predicted molar refractivity (Wildman–Crippen MR) is 107 cm³/mol. The molecule has 20 heavy (non-hydrogen) atoms. The largest absolute Gasteiger partial charge is 0.328 e. The molecule has 1 aromatic rings. The van der Waals surface area contributed by atoms with Gasteiger partial charge in [0.2, 0.25) is 5.91 Å². The molecule has 3 N–H and O–H groups in total. The van der Waals surface area contributed by atoms with E-state index in [9.17, 15) is 4.79 Å². The van der Waals surface area contributed by atoms with Crippen LogP contribution in [0.5, 0.6) is 0 Å². The summed E-state index contributed by atoms with van der Waals surface area (Å²) in [6, 6.07) is 4.44. The summed E-state index contributed by atoms with van der Waals surface area (Å²) >= 11 is 6.81. The van der Waals surface area contributed by atoms with E-state index in [-0.39, 0.29) is 5.91 Å². The molecule has 0 aromatic heterocycles. The van der Waals surface area contributed by atoms with Crippen LogP contribution in [-0.2, 0) is 4.79 Å². The molecule has 1 heterocycles. The Morgan fingerprint density at radius 1 is 1.25 bits per heavy atom. The average molecular weight is 611 g/mol. The summed E-state index contributed by atoms with van der Waals surface area (Å²) in [7, 11) is 0. The van der Waals surface area contributed by atoms with Crippen LogP contribution in [0.3, 0.4) is 0 Å². The maximum atomic E-state index is 12.2. The van der Waals surface area contributed by atoms with E-state index in [0.717, 1.165) is 38.8 Å². The number of carbonyl (C=O) groups excluding carboxylic acids is 1. The molecule has 1 aliphatic heterocycles. The molecule has 0 saturated carbocycles. The maximum Gasteiger partial charge on any atom is 0.238 e. The zero-order chi connectivity index (χ0) is 14.7. The van der Waals surface area contributed by atoms with E-state index in [1.165, 1.54) is 3.57 Å². The van der Waals surface area contributed by atoms with Crippen LogP contribution in [0.2, 0.25) is 0 Å². The van der Waals surface area contributed by atoms with E-state index in [4.69, 9.17) is 5.73 Å². The van der Waals surface area contributed by atoms with Crippen LogP contribution in [0.1, 0.15) is 12.8 Å². The Hall–Kier alpha value is 0.800. The number of nitrogens with one attached hydrogen (secondary N) is 1. The van der Waals surface area contributed by atoms with E-state index < -0.39 is 0 Å². The van der Waals surface area contributed by atoms with E-state index in [1.807, 2.05) is 0 Å². The molecule has 7 heteroatoms. The summed E-state index contributed by atoms with van der Waals surface area (Å²) in [4.78, 5) is 14.3. The molecule has 0 unspecified atom stereocenters. The van der Waals surface area contributed by atoms with Crippen LogP contribution in [0.15, 0.2) is 12.1 Å². The number of rotatable bonds is 3. The van der Waals surface area contributed by atoms with Gasteiger partial charge in [0.1, 0.15) is 0 Å². The smallest absolute Gasteiger partial charge is 0.238 e. The van der Waals surface area contributed by atoms with Gasteiger partial charge in [-0.3, -0.25) is 9.69 Å². The van der Waals surface area contributed by atoms with Crippen molar-refractivity contribution in [3.05, 3.63) is 22.8 Å². The second-order valence-electron chi connectivity index (χ2n) is 4.91. The molecule has 1 fully saturated rings. The molecule has 0 atom stereocenters. The first-order valence-corrected chi connectivity index (χ1v) is 9.61. The van der Waals surface area contributed by atoms with Crippen LogP contribution in [0.25, 0.3) is 0 Å². The zero-order valence-corrected chi connectivity index (χ0v) is 17.3. The lowest BCUT2D eigenvalue weighted by molar-refractivity contribution is -0.117. The highest BCUT2D eigenvalue weighted by Gasteiger charge is 2.19. The minimum absolute atomic E-state index is 0.0533. The standard InChI is InChI=1S/C13H16I3N3O/c14-8-5-10(15)13(11(16)6-8)18-12(20)7-19-3-1-9(17)2-4-19/h5-6,9H,1-4,7,17H2,(H,18,20). The first kappa shape index (κ1) is 17.2. The molecule has 4 nitrogen and oxygen atoms in total. The van der Waals surface area contributed by atoms with Gasteiger partial charge < -0.3 is 11.1 Å². The molecule has 2 rings (SSSR count). The number of halogens is 3. The first-order chi connectivity index (χ1) is 9.45. The van der Waals surface area contributed by atoms with E-state index in [2.05, 4.69) is 90.1 Å². The number of piperidine rings is 1. The fourth-order valence-corrected chi connectivity index (χ4v) is 6.01. The number of amides is 1. The second-order valence-corrected chi connectivity index (χ2v) is 8.48. The highest BCUT2D eigenvalue weighted by molar-refractivity contribution is 14.1. The molecule has 110 valence electrons. The minimum atomic E-state index is 0.0533. The molecule has 1 aliphatic rings. The Kier molecular flexibility index (Phi) is 6.76. The molecule has 0 spiro atoms. The van der Waals surface area contributed by atoms with Gasteiger partial charge in [-0.1, -0.05) is 0 Å². The first-order valence-electron chi connectivity index (χ1n) is 6.38. The second kappa shape index (κ2) is 7.88. The van der Waals surface area contributed by atoms with Crippen molar-refractivity contribution in [2.24, 2.45) is 5.73 Å². The maximum absolute atomic E-state index is 12.2. The van der Waals surface area contributed by atoms with Crippen LogP contribution in [0, 0.1) is 10.7 Å². The quantitative estimate of drug-likeness (QED) is 0.518. The van der Waals surface area contributed by atoms with Gasteiger partial charge >= 0.3 is 0 Å². The third-order valence-electron chi connectivity index (χ3n) is 3.27. The number of likely N-dealkylation sites (tertiary alicyclic amines) is 1. The Morgan fingerprint density at radius 3 is 2.35 bits per heavy atom. The summed E-state index contributed by atoms with van der Waals surface area (Å²) in [5, 5.41) is 3.03. The van der Waals surface area contributed by atoms with Crippen molar-refractivity contribution >= 4 is 79.4 Å². The number of carbonyl (C=O) groups is 1. The zero-order valence-electron chi connectivity index (χ0n) is 10.8. The summed E-state index contributed by atoms with van der Waals surface area (Å²) in [6.45, 7) is 2.27. The minimum Gasteiger partial charge on any atom is -0.328 e. The Labute approximate surface area is 160 Å². The van der Waals surface area contributed by atoms with E-state index in [1.54, 1.807) is 0 Å². The van der Waals surface area contributed by atoms with Gasteiger partial charge in [-0.2, -0.15) is 0 Å². The Morgan fingerprint density at radius 2 is 1.80 bits per heavy atom. The van der Waals surface area contributed by atoms with Crippen molar-refractivity contribution in [2.75, 3.05) is 25.0 Å². The van der Waals surface area contributed by atoms with Crippen LogP contribution in [-0.4, -0.2) is 36.5 Å². The van der Waals surface area contributed by atoms with Gasteiger partial charge in [0.15, 0.2) is 0 Å². The molecular formula is C13H16I3N3O. The van der Waals surface area contributed by atoms with Gasteiger partial charge in [0, 0.05) is 29.8 Å². The third-order valence-corrected chi connectivity index (χ3v) is 5.60. The topological polar surface area (TPSA) is 58.4 Å². The van der Waals surface area contributed by atoms with Crippen molar-refractivity contribution in [1.82, 2.24) is 4.90 Å². The number of hydrogen-bond donors (Lipinski definition) is 2. The van der Waals surface area contributed by atoms with E-state index >= 15 is 0 Å². The molecular weight excluding hydrogens is 595 g/mol. The Balaban J connectivity index is 1.95. The fraction of sp³-hybridized carbons (Fsp3) is 0.462. The Bertz CT molecular complexity index is 479. The molecule has 0 bridgehead atoms. The number of nitrogens with zero attached hydrogens (tertiary/aromatic N) is 1. The van der Waals surface area contributed by atoms with Crippen LogP contribution < -0.4 is 11.1 Å². The third kappa shape index (κ3) is 4.92. The van der Waals surface area contributed by atoms with Crippen molar-refractivity contribution < 1.29 is 4.79 Å². The number of nitrogens with two attached hydrogens (primary N) is 1. The van der Waals surface area contributed by atoms with Gasteiger partial charge in [0.25, 0.3) is 0 Å². The van der Waals surface area contributed by atoms with E-state index in [0.29, 0.717) is 12.6 Å². The highest BCUT2D eigenvalue weighted by Crippen LogP contribution is 2.27. The molecule has 1 saturated heterocycles. The van der Waals surface area contributed by atoms with Gasteiger partial charge in [-0.25, -0.2) is 0 Å². The molecule has 0 aliphatic carbocycles. The molecule has 0 radical (unpaired) electrons. The van der Waals surface area contributed by atoms with Gasteiger partial charge in [-0.15, -0.1) is 0 Å². The fourth-order valence-electron chi connectivity index (χ4n) is 2.15. The van der Waals surface area contributed by atoms with Gasteiger partial charge in [-0.05, 0) is 92.7 Å². The van der Waals surface area contributed by atoms with Crippen molar-refractivity contribution in [1.29, 1.82) is 0 Å². The molecule has 1 aromatic carbocycles. The van der Waals surface area contributed by atoms with Crippen molar-refractivity contribution in [2.45, 2.75) is 18.9 Å². The summed E-state index contributed by atoms with van der Waals surface area (Å²) in [5.74, 6) is 0.0533. The lowest BCUT2D eigenvalue weighted by Crippen LogP contribution is -2.43. The monoisotopic (exact) mass is 611 g/mol. The van der Waals surface area contributed by atoms with Crippen LogP contribution >= 0.6 is 67.8 Å². The SMILES string of the molecule is NC1CCN(CC(=O)Nc2c(I)cc(I)cc2I)CC1. The van der Waals surface area contributed by atoms with Crippen molar-refractivity contribution in [3.63, 3.8) is 0 Å². The average Bonchev–Trinajstić information content (AvgIpc) is 2.36. The van der Waals surface area contributed by atoms with Crippen molar-refractivity contribution in [3.8, 4) is 0 Å². The summed E-state index contributed by atoms with van der Waals surface area (Å²) < 4.78 is 3.33. The van der Waals surface area contributed by atoms with Crippen LogP contribution in [0.4, 0.5) is 5.69 Å². The number of benzene rings is 1. The summed E-state index contributed by atoms with van der Waals surface area (Å²) in [5.41, 5.74) is 6.80.